The van der Waals surface area contributed by atoms with E-state index in [4.69, 9.17) is 0 Å². The van der Waals surface area contributed by atoms with E-state index in [2.05, 4.69) is 26.1 Å². The number of methoxy groups -OCH3 is 1. The number of amides is 2. The van der Waals surface area contributed by atoms with Crippen LogP contribution in [0.5, 0.6) is 0 Å². The van der Waals surface area contributed by atoms with Crippen molar-refractivity contribution in [1.29, 1.82) is 0 Å². The van der Waals surface area contributed by atoms with Crippen molar-refractivity contribution in [2.45, 2.75) is 6.42 Å². The number of halogens is 1. The van der Waals surface area contributed by atoms with Crippen LogP contribution in [0.4, 0.5) is 0 Å². The molecule has 0 bridgehead atoms. The highest BCUT2D eigenvalue weighted by molar-refractivity contribution is 9.10. The molecule has 0 aromatic heterocycles. The van der Waals surface area contributed by atoms with Crippen molar-refractivity contribution < 1.29 is 19.1 Å². The fourth-order valence-electron chi connectivity index (χ4n) is 1.99. The number of esters is 1. The number of nitrogens with zero attached hydrogens (tertiary/aromatic N) is 1. The Balaban J connectivity index is 2.17. The van der Waals surface area contributed by atoms with Gasteiger partial charge in [0.2, 0.25) is 5.91 Å². The highest BCUT2D eigenvalue weighted by Gasteiger charge is 2.33. The number of hydrogen-bond donors (Lipinski definition) is 1. The summed E-state index contributed by atoms with van der Waals surface area (Å²) in [5.74, 6) is -1.88. The van der Waals surface area contributed by atoms with Gasteiger partial charge in [-0.1, -0.05) is 22.0 Å². The zero-order chi connectivity index (χ0) is 14.7. The molecule has 1 saturated heterocycles. The summed E-state index contributed by atoms with van der Waals surface area (Å²) in [6, 6.07) is 6.81. The minimum Gasteiger partial charge on any atom is -0.469 e. The monoisotopic (exact) mass is 340 g/mol. The van der Waals surface area contributed by atoms with Crippen LogP contribution < -0.4 is 5.43 Å². The number of hydrazine groups is 1. The number of benzene rings is 1. The second-order valence-electron chi connectivity index (χ2n) is 4.39. The zero-order valence-electron chi connectivity index (χ0n) is 10.8. The van der Waals surface area contributed by atoms with Crippen molar-refractivity contribution in [2.24, 2.45) is 5.92 Å². The summed E-state index contributed by atoms with van der Waals surface area (Å²) in [5.41, 5.74) is 2.89. The smallest absolute Gasteiger partial charge is 0.311 e. The molecular weight excluding hydrogens is 328 g/mol. The molecule has 1 aliphatic rings. The summed E-state index contributed by atoms with van der Waals surface area (Å²) in [5, 5.41) is 1.15. The molecule has 106 valence electrons. The summed E-state index contributed by atoms with van der Waals surface area (Å²) in [6.07, 6.45) is 0.0228. The quantitative estimate of drug-likeness (QED) is 0.818. The van der Waals surface area contributed by atoms with Gasteiger partial charge in [0, 0.05) is 16.5 Å². The number of rotatable bonds is 2. The van der Waals surface area contributed by atoms with Crippen LogP contribution in [0.15, 0.2) is 28.7 Å². The normalized spacial score (nSPS) is 18.4. The maximum absolute atomic E-state index is 12.3. The van der Waals surface area contributed by atoms with Crippen molar-refractivity contribution in [1.82, 2.24) is 10.4 Å². The fraction of sp³-hybridized carbons (Fsp3) is 0.308. The van der Waals surface area contributed by atoms with Gasteiger partial charge in [-0.3, -0.25) is 19.8 Å². The highest BCUT2D eigenvalue weighted by Crippen LogP contribution is 2.17. The van der Waals surface area contributed by atoms with Gasteiger partial charge in [-0.15, -0.1) is 0 Å². The molecule has 1 aromatic rings. The summed E-state index contributed by atoms with van der Waals surface area (Å²) >= 11 is 3.28. The topological polar surface area (TPSA) is 75.7 Å². The average Bonchev–Trinajstić information content (AvgIpc) is 2.45. The molecule has 0 radical (unpaired) electrons. The van der Waals surface area contributed by atoms with Crippen molar-refractivity contribution in [2.75, 3.05) is 13.7 Å². The van der Waals surface area contributed by atoms with E-state index >= 15 is 0 Å². The van der Waals surface area contributed by atoms with Crippen LogP contribution in [0.1, 0.15) is 16.8 Å². The lowest BCUT2D eigenvalue weighted by molar-refractivity contribution is -0.151. The maximum atomic E-state index is 12.3. The summed E-state index contributed by atoms with van der Waals surface area (Å²) in [7, 11) is 1.26. The standard InChI is InChI=1S/C13H13BrN2O4/c1-20-13(19)9-6-11(17)15-16(7-9)12(18)8-3-2-4-10(14)5-8/h2-5,9H,6-7H2,1H3,(H,15,17). The molecule has 6 nitrogen and oxygen atoms in total. The molecule has 1 aromatic carbocycles. The van der Waals surface area contributed by atoms with Crippen LogP contribution in [-0.2, 0) is 14.3 Å². The Kier molecular flexibility index (Phi) is 4.39. The minimum atomic E-state index is -0.634. The maximum Gasteiger partial charge on any atom is 0.311 e. The number of carbonyl (C=O) groups excluding carboxylic acids is 3. The molecule has 0 aliphatic carbocycles. The van der Waals surface area contributed by atoms with Crippen LogP contribution in [0.25, 0.3) is 0 Å². The Hall–Kier alpha value is -1.89. The van der Waals surface area contributed by atoms with Crippen LogP contribution in [0.2, 0.25) is 0 Å². The van der Waals surface area contributed by atoms with Gasteiger partial charge in [-0.05, 0) is 18.2 Å². The van der Waals surface area contributed by atoms with Gasteiger partial charge >= 0.3 is 5.97 Å². The molecule has 2 rings (SSSR count). The highest BCUT2D eigenvalue weighted by atomic mass is 79.9. The lowest BCUT2D eigenvalue weighted by Crippen LogP contribution is -2.54. The summed E-state index contributed by atoms with van der Waals surface area (Å²) < 4.78 is 5.39. The van der Waals surface area contributed by atoms with Crippen LogP contribution in [-0.4, -0.2) is 36.4 Å². The molecule has 1 N–H and O–H groups in total. The molecule has 1 heterocycles. The predicted octanol–water partition coefficient (Wildman–Crippen LogP) is 1.12. The van der Waals surface area contributed by atoms with E-state index in [9.17, 15) is 14.4 Å². The van der Waals surface area contributed by atoms with E-state index in [1.807, 2.05) is 0 Å². The van der Waals surface area contributed by atoms with Crippen LogP contribution in [0.3, 0.4) is 0 Å². The zero-order valence-corrected chi connectivity index (χ0v) is 12.3. The van der Waals surface area contributed by atoms with Gasteiger partial charge in [0.15, 0.2) is 0 Å². The van der Waals surface area contributed by atoms with Gasteiger partial charge in [-0.25, -0.2) is 5.01 Å². The number of carbonyl (C=O) groups is 3. The molecule has 0 spiro atoms. The van der Waals surface area contributed by atoms with Gasteiger partial charge in [-0.2, -0.15) is 0 Å². The Morgan fingerprint density at radius 2 is 2.20 bits per heavy atom. The first-order valence-electron chi connectivity index (χ1n) is 5.96. The largest absolute Gasteiger partial charge is 0.469 e. The third-order valence-electron chi connectivity index (χ3n) is 2.95. The number of nitrogens with one attached hydrogen (secondary N) is 1. The van der Waals surface area contributed by atoms with E-state index in [1.165, 1.54) is 7.11 Å². The first kappa shape index (κ1) is 14.5. The Morgan fingerprint density at radius 1 is 1.45 bits per heavy atom. The molecule has 2 amide bonds. The predicted molar refractivity (Wildman–Crippen MR) is 73.4 cm³/mol. The van der Waals surface area contributed by atoms with E-state index in [0.717, 1.165) is 9.48 Å². The first-order valence-corrected chi connectivity index (χ1v) is 6.75. The van der Waals surface area contributed by atoms with E-state index in [1.54, 1.807) is 24.3 Å². The second kappa shape index (κ2) is 6.04. The van der Waals surface area contributed by atoms with E-state index in [-0.39, 0.29) is 24.8 Å². The molecule has 1 unspecified atom stereocenters. The first-order chi connectivity index (χ1) is 9.51. The molecule has 1 aliphatic heterocycles. The van der Waals surface area contributed by atoms with Gasteiger partial charge in [0.05, 0.1) is 19.6 Å². The lowest BCUT2D eigenvalue weighted by atomic mass is 10.0. The van der Waals surface area contributed by atoms with E-state index in [0.29, 0.717) is 5.56 Å². The van der Waals surface area contributed by atoms with Crippen LogP contribution >= 0.6 is 15.9 Å². The molecule has 0 saturated carbocycles. The van der Waals surface area contributed by atoms with Crippen molar-refractivity contribution >= 4 is 33.7 Å². The third kappa shape index (κ3) is 3.16. The number of ether oxygens (including phenoxy) is 1. The molecule has 20 heavy (non-hydrogen) atoms. The van der Waals surface area contributed by atoms with Gasteiger partial charge in [0.1, 0.15) is 0 Å². The van der Waals surface area contributed by atoms with Gasteiger partial charge in [0.25, 0.3) is 5.91 Å². The molecule has 1 fully saturated rings. The van der Waals surface area contributed by atoms with E-state index < -0.39 is 11.9 Å². The molecular formula is C13H13BrN2O4. The molecule has 7 heteroatoms. The minimum absolute atomic E-state index is 0.0228. The summed E-state index contributed by atoms with van der Waals surface area (Å²) in [4.78, 5) is 35.4. The van der Waals surface area contributed by atoms with Crippen molar-refractivity contribution in [3.05, 3.63) is 34.3 Å². The fourth-order valence-corrected chi connectivity index (χ4v) is 2.39. The van der Waals surface area contributed by atoms with Gasteiger partial charge < -0.3 is 4.74 Å². The molecule has 1 atom stereocenters. The SMILES string of the molecule is COC(=O)C1CC(=O)NN(C(=O)c2cccc(Br)c2)C1. The number of hydrogen-bond acceptors (Lipinski definition) is 4. The average molecular weight is 341 g/mol. The Morgan fingerprint density at radius 3 is 2.85 bits per heavy atom. The Bertz CT molecular complexity index is 561. The lowest BCUT2D eigenvalue weighted by Gasteiger charge is -2.31. The van der Waals surface area contributed by atoms with Crippen LogP contribution in [0, 0.1) is 5.92 Å². The second-order valence-corrected chi connectivity index (χ2v) is 5.30. The van der Waals surface area contributed by atoms with Crippen molar-refractivity contribution in [3.63, 3.8) is 0 Å². The van der Waals surface area contributed by atoms with Crippen molar-refractivity contribution in [3.8, 4) is 0 Å². The summed E-state index contributed by atoms with van der Waals surface area (Å²) in [6.45, 7) is 0.101. The Labute approximate surface area is 124 Å². The third-order valence-corrected chi connectivity index (χ3v) is 3.44.